The molecular weight excluding hydrogens is 304 g/mol. The summed E-state index contributed by atoms with van der Waals surface area (Å²) in [6, 6.07) is 13.1. The number of aromatic nitrogens is 1. The van der Waals surface area contributed by atoms with Crippen molar-refractivity contribution in [2.45, 2.75) is 20.0 Å². The number of aromatic hydroxyl groups is 1. The van der Waals surface area contributed by atoms with E-state index >= 15 is 0 Å². The lowest BCUT2D eigenvalue weighted by Gasteiger charge is -2.07. The molecule has 3 N–H and O–H groups in total. The molecule has 0 unspecified atom stereocenters. The highest BCUT2D eigenvalue weighted by atomic mass is 16.5. The molecule has 0 aliphatic carbocycles. The molecule has 2 aromatic carbocycles. The van der Waals surface area contributed by atoms with Gasteiger partial charge in [-0.25, -0.2) is 4.79 Å². The minimum atomic E-state index is -0.431. The highest BCUT2D eigenvalue weighted by molar-refractivity contribution is 5.84. The number of aromatic amines is 1. The fraction of sp³-hybridized carbons (Fsp3) is 0.211. The number of carbonyl (C=O) groups excluding carboxylic acids is 1. The van der Waals surface area contributed by atoms with Crippen molar-refractivity contribution >= 4 is 17.0 Å². The molecule has 0 saturated carbocycles. The fourth-order valence-corrected chi connectivity index (χ4v) is 2.67. The van der Waals surface area contributed by atoms with Crippen molar-refractivity contribution in [3.63, 3.8) is 0 Å². The number of ether oxygens (including phenoxy) is 1. The normalized spacial score (nSPS) is 10.7. The van der Waals surface area contributed by atoms with Crippen molar-refractivity contribution in [3.8, 4) is 5.75 Å². The van der Waals surface area contributed by atoms with Crippen molar-refractivity contribution in [1.82, 2.24) is 10.3 Å². The van der Waals surface area contributed by atoms with Crippen LogP contribution in [0.5, 0.6) is 5.75 Å². The number of phenols is 1. The van der Waals surface area contributed by atoms with E-state index in [-0.39, 0.29) is 12.4 Å². The maximum Gasteiger partial charge on any atom is 0.407 e. The van der Waals surface area contributed by atoms with Crippen molar-refractivity contribution in [2.24, 2.45) is 0 Å². The predicted octanol–water partition coefficient (Wildman–Crippen LogP) is 3.65. The van der Waals surface area contributed by atoms with Crippen LogP contribution in [0.4, 0.5) is 4.79 Å². The summed E-state index contributed by atoms with van der Waals surface area (Å²) < 4.78 is 5.21. The topological polar surface area (TPSA) is 74.3 Å². The van der Waals surface area contributed by atoms with Crippen LogP contribution in [-0.2, 0) is 17.8 Å². The summed E-state index contributed by atoms with van der Waals surface area (Å²) in [5, 5.41) is 13.3. The Hall–Kier alpha value is -2.95. The van der Waals surface area contributed by atoms with Gasteiger partial charge in [0.05, 0.1) is 0 Å². The molecule has 24 heavy (non-hydrogen) atoms. The van der Waals surface area contributed by atoms with Gasteiger partial charge in [0.25, 0.3) is 0 Å². The number of fused-ring (bicyclic) bond motifs is 1. The molecule has 0 radical (unpaired) electrons. The summed E-state index contributed by atoms with van der Waals surface area (Å²) in [6.45, 7) is 2.73. The number of alkyl carbamates (subject to hydrolysis) is 1. The van der Waals surface area contributed by atoms with Gasteiger partial charge < -0.3 is 20.1 Å². The lowest BCUT2D eigenvalue weighted by atomic mass is 10.1. The van der Waals surface area contributed by atoms with Gasteiger partial charge in [-0.15, -0.1) is 0 Å². The Morgan fingerprint density at radius 1 is 1.25 bits per heavy atom. The fourth-order valence-electron chi connectivity index (χ4n) is 2.67. The Morgan fingerprint density at radius 3 is 2.96 bits per heavy atom. The smallest absolute Gasteiger partial charge is 0.407 e. The molecule has 0 saturated heterocycles. The van der Waals surface area contributed by atoms with Crippen LogP contribution < -0.4 is 5.32 Å². The number of phenolic OH excluding ortho intramolecular Hbond substituents is 1. The monoisotopic (exact) mass is 324 g/mol. The second-order valence-electron chi connectivity index (χ2n) is 5.79. The first kappa shape index (κ1) is 15.9. The van der Waals surface area contributed by atoms with Gasteiger partial charge in [-0.3, -0.25) is 0 Å². The largest absolute Gasteiger partial charge is 0.508 e. The molecule has 5 nitrogen and oxygen atoms in total. The van der Waals surface area contributed by atoms with Gasteiger partial charge in [0.15, 0.2) is 0 Å². The van der Waals surface area contributed by atoms with E-state index in [9.17, 15) is 9.90 Å². The van der Waals surface area contributed by atoms with Crippen LogP contribution in [0, 0.1) is 6.92 Å². The third-order valence-corrected chi connectivity index (χ3v) is 3.87. The van der Waals surface area contributed by atoms with E-state index in [2.05, 4.69) is 10.3 Å². The second-order valence-corrected chi connectivity index (χ2v) is 5.79. The van der Waals surface area contributed by atoms with Crippen LogP contribution in [0.25, 0.3) is 10.9 Å². The molecule has 0 bridgehead atoms. The van der Waals surface area contributed by atoms with Gasteiger partial charge in [0, 0.05) is 23.6 Å². The summed E-state index contributed by atoms with van der Waals surface area (Å²) in [6.07, 6.45) is 2.12. The Balaban J connectivity index is 1.48. The molecule has 0 aliphatic heterocycles. The number of nitrogens with one attached hydrogen (secondary N) is 2. The van der Waals surface area contributed by atoms with E-state index in [0.717, 1.165) is 27.6 Å². The zero-order chi connectivity index (χ0) is 16.9. The molecule has 124 valence electrons. The minimum Gasteiger partial charge on any atom is -0.508 e. The van der Waals surface area contributed by atoms with E-state index in [4.69, 9.17) is 4.74 Å². The van der Waals surface area contributed by atoms with Gasteiger partial charge >= 0.3 is 6.09 Å². The van der Waals surface area contributed by atoms with E-state index in [1.807, 2.05) is 43.5 Å². The number of hydrogen-bond acceptors (Lipinski definition) is 3. The average molecular weight is 324 g/mol. The molecular formula is C19H20N2O3. The van der Waals surface area contributed by atoms with Crippen LogP contribution in [0.3, 0.4) is 0 Å². The van der Waals surface area contributed by atoms with Crippen LogP contribution in [0.15, 0.2) is 48.7 Å². The molecule has 5 heteroatoms. The Morgan fingerprint density at radius 2 is 2.12 bits per heavy atom. The standard InChI is InChI=1S/C19H20N2O3/c1-13-3-2-4-14(9-13)12-24-19(23)20-8-7-15-11-21-18-6-5-16(22)10-17(15)18/h2-6,9-11,21-22H,7-8,12H2,1H3,(H,20,23). The highest BCUT2D eigenvalue weighted by Gasteiger charge is 2.06. The summed E-state index contributed by atoms with van der Waals surface area (Å²) in [5.41, 5.74) is 4.11. The number of carbonyl (C=O) groups is 1. The van der Waals surface area contributed by atoms with E-state index in [0.29, 0.717) is 13.0 Å². The summed E-state index contributed by atoms with van der Waals surface area (Å²) in [7, 11) is 0. The quantitative estimate of drug-likeness (QED) is 0.670. The van der Waals surface area contributed by atoms with Crippen molar-refractivity contribution < 1.29 is 14.6 Å². The van der Waals surface area contributed by atoms with E-state index in [1.54, 1.807) is 12.1 Å². The van der Waals surface area contributed by atoms with Crippen LogP contribution in [0.1, 0.15) is 16.7 Å². The first-order valence-electron chi connectivity index (χ1n) is 7.87. The second kappa shape index (κ2) is 7.08. The van der Waals surface area contributed by atoms with Crippen LogP contribution in [-0.4, -0.2) is 22.7 Å². The molecule has 1 amide bonds. The van der Waals surface area contributed by atoms with Gasteiger partial charge in [-0.2, -0.15) is 0 Å². The van der Waals surface area contributed by atoms with Gasteiger partial charge in [-0.1, -0.05) is 29.8 Å². The SMILES string of the molecule is Cc1cccc(COC(=O)NCCc2c[nH]c3ccc(O)cc23)c1. The third-order valence-electron chi connectivity index (χ3n) is 3.87. The number of hydrogen-bond donors (Lipinski definition) is 3. The van der Waals surface area contributed by atoms with Crippen molar-refractivity contribution in [2.75, 3.05) is 6.54 Å². The predicted molar refractivity (Wildman–Crippen MR) is 93.0 cm³/mol. The zero-order valence-electron chi connectivity index (χ0n) is 13.5. The summed E-state index contributed by atoms with van der Waals surface area (Å²) in [4.78, 5) is 14.9. The maximum absolute atomic E-state index is 11.8. The first-order chi connectivity index (χ1) is 11.6. The molecule has 0 aliphatic rings. The van der Waals surface area contributed by atoms with Crippen molar-refractivity contribution in [1.29, 1.82) is 0 Å². The Labute approximate surface area is 140 Å². The molecule has 1 aromatic heterocycles. The Bertz CT molecular complexity index is 855. The van der Waals surface area contributed by atoms with Crippen LogP contribution >= 0.6 is 0 Å². The maximum atomic E-state index is 11.8. The van der Waals surface area contributed by atoms with Crippen molar-refractivity contribution in [3.05, 3.63) is 65.4 Å². The number of benzene rings is 2. The highest BCUT2D eigenvalue weighted by Crippen LogP contribution is 2.23. The van der Waals surface area contributed by atoms with E-state index < -0.39 is 6.09 Å². The number of rotatable bonds is 5. The van der Waals surface area contributed by atoms with Gasteiger partial charge in [0.1, 0.15) is 12.4 Å². The number of amides is 1. The first-order valence-corrected chi connectivity index (χ1v) is 7.87. The molecule has 3 rings (SSSR count). The number of H-pyrrole nitrogens is 1. The summed E-state index contributed by atoms with van der Waals surface area (Å²) >= 11 is 0. The zero-order valence-corrected chi connectivity index (χ0v) is 13.5. The molecule has 0 fully saturated rings. The third kappa shape index (κ3) is 3.87. The van der Waals surface area contributed by atoms with Gasteiger partial charge in [-0.05, 0) is 42.7 Å². The lowest BCUT2D eigenvalue weighted by molar-refractivity contribution is 0.140. The van der Waals surface area contributed by atoms with Crippen LogP contribution in [0.2, 0.25) is 0 Å². The average Bonchev–Trinajstić information content (AvgIpc) is 2.95. The number of aryl methyl sites for hydroxylation is 1. The molecule has 3 aromatic rings. The molecule has 0 spiro atoms. The molecule has 1 heterocycles. The van der Waals surface area contributed by atoms with E-state index in [1.165, 1.54) is 0 Å². The van der Waals surface area contributed by atoms with Gasteiger partial charge in [0.2, 0.25) is 0 Å². The minimum absolute atomic E-state index is 0.230. The lowest BCUT2D eigenvalue weighted by Crippen LogP contribution is -2.26. The molecule has 0 atom stereocenters. The summed E-state index contributed by atoms with van der Waals surface area (Å²) in [5.74, 6) is 0.230. The Kier molecular flexibility index (Phi) is 4.70.